The van der Waals surface area contributed by atoms with Gasteiger partial charge in [0.2, 0.25) is 0 Å². The normalized spacial score (nSPS) is 30.0. The van der Waals surface area contributed by atoms with Crippen LogP contribution in [-0.2, 0) is 0 Å². The second kappa shape index (κ2) is 9.78. The lowest BCUT2D eigenvalue weighted by Gasteiger charge is -2.30. The Morgan fingerprint density at radius 2 is 1.29 bits per heavy atom. The van der Waals surface area contributed by atoms with Crippen LogP contribution in [0.4, 0.5) is 0 Å². The van der Waals surface area contributed by atoms with E-state index in [0.717, 1.165) is 13.1 Å². The third-order valence-electron chi connectivity index (χ3n) is 5.19. The molecule has 0 aromatic carbocycles. The average Bonchev–Trinajstić information content (AvgIpc) is 2.55. The molecule has 4 N–H and O–H groups in total. The molecule has 4 unspecified atom stereocenters. The highest BCUT2D eigenvalue weighted by Crippen LogP contribution is 2.11. The van der Waals surface area contributed by atoms with Crippen LogP contribution >= 0.6 is 0 Å². The summed E-state index contributed by atoms with van der Waals surface area (Å²) in [5.41, 5.74) is 0. The highest BCUT2D eigenvalue weighted by Gasteiger charge is 2.19. The molecule has 0 amide bonds. The zero-order valence-corrected chi connectivity index (χ0v) is 14.1. The molecule has 2 heterocycles. The molecule has 4 atom stereocenters. The predicted octanol–water partition coefficient (Wildman–Crippen LogP) is 1.62. The van der Waals surface area contributed by atoms with Crippen molar-refractivity contribution in [2.45, 2.75) is 83.0 Å². The SMILES string of the molecule is CC(NCCCNC(C)C1CCCCN1)C1CCCCN1. The van der Waals surface area contributed by atoms with Gasteiger partial charge in [0, 0.05) is 24.2 Å². The van der Waals surface area contributed by atoms with Gasteiger partial charge in [-0.25, -0.2) is 0 Å². The van der Waals surface area contributed by atoms with Crippen LogP contribution in [0, 0.1) is 0 Å². The maximum atomic E-state index is 3.69. The van der Waals surface area contributed by atoms with Gasteiger partial charge in [0.25, 0.3) is 0 Å². The monoisotopic (exact) mass is 296 g/mol. The average molecular weight is 297 g/mol. The molecule has 2 aliphatic heterocycles. The first-order chi connectivity index (χ1) is 10.3. The molecule has 124 valence electrons. The molecular weight excluding hydrogens is 260 g/mol. The molecule has 0 radical (unpaired) electrons. The summed E-state index contributed by atoms with van der Waals surface area (Å²) in [6.07, 6.45) is 9.34. The Labute approximate surface area is 131 Å². The van der Waals surface area contributed by atoms with Gasteiger partial charge in [-0.1, -0.05) is 12.8 Å². The van der Waals surface area contributed by atoms with E-state index in [4.69, 9.17) is 0 Å². The third-order valence-corrected chi connectivity index (χ3v) is 5.19. The van der Waals surface area contributed by atoms with Crippen molar-refractivity contribution in [3.63, 3.8) is 0 Å². The van der Waals surface area contributed by atoms with E-state index in [1.807, 2.05) is 0 Å². The molecule has 2 fully saturated rings. The Bertz CT molecular complexity index is 234. The third kappa shape index (κ3) is 6.23. The van der Waals surface area contributed by atoms with Crippen LogP contribution in [-0.4, -0.2) is 50.3 Å². The van der Waals surface area contributed by atoms with E-state index in [1.54, 1.807) is 0 Å². The number of piperidine rings is 2. The quantitative estimate of drug-likeness (QED) is 0.514. The van der Waals surface area contributed by atoms with Crippen molar-refractivity contribution in [2.75, 3.05) is 26.2 Å². The van der Waals surface area contributed by atoms with Gasteiger partial charge in [-0.15, -0.1) is 0 Å². The van der Waals surface area contributed by atoms with Gasteiger partial charge in [0.05, 0.1) is 0 Å². The summed E-state index contributed by atoms with van der Waals surface area (Å²) in [6, 6.07) is 2.56. The molecule has 2 saturated heterocycles. The Kier molecular flexibility index (Phi) is 8.01. The van der Waals surface area contributed by atoms with Crippen molar-refractivity contribution in [1.82, 2.24) is 21.3 Å². The summed E-state index contributed by atoms with van der Waals surface area (Å²) in [6.45, 7) is 9.29. The second-order valence-corrected chi connectivity index (χ2v) is 6.95. The first-order valence-corrected chi connectivity index (χ1v) is 9.21. The van der Waals surface area contributed by atoms with Gasteiger partial charge in [-0.3, -0.25) is 0 Å². The van der Waals surface area contributed by atoms with Crippen molar-refractivity contribution in [1.29, 1.82) is 0 Å². The van der Waals surface area contributed by atoms with Gasteiger partial charge in [-0.2, -0.15) is 0 Å². The fourth-order valence-electron chi connectivity index (χ4n) is 3.64. The van der Waals surface area contributed by atoms with Gasteiger partial charge in [0.15, 0.2) is 0 Å². The lowest BCUT2D eigenvalue weighted by Crippen LogP contribution is -2.50. The molecule has 4 nitrogen and oxygen atoms in total. The second-order valence-electron chi connectivity index (χ2n) is 6.95. The van der Waals surface area contributed by atoms with Crippen molar-refractivity contribution in [2.24, 2.45) is 0 Å². The summed E-state index contributed by atoms with van der Waals surface area (Å²) >= 11 is 0. The smallest absolute Gasteiger partial charge is 0.0218 e. The zero-order chi connectivity index (χ0) is 14.9. The van der Waals surface area contributed by atoms with Gasteiger partial charge in [-0.05, 0) is 72.1 Å². The maximum Gasteiger partial charge on any atom is 0.0218 e. The summed E-state index contributed by atoms with van der Waals surface area (Å²) in [5.74, 6) is 0. The molecule has 0 saturated carbocycles. The lowest BCUT2D eigenvalue weighted by atomic mass is 9.99. The van der Waals surface area contributed by atoms with Crippen molar-refractivity contribution < 1.29 is 0 Å². The Hall–Kier alpha value is -0.160. The topological polar surface area (TPSA) is 48.1 Å². The molecule has 0 aliphatic carbocycles. The van der Waals surface area contributed by atoms with E-state index >= 15 is 0 Å². The van der Waals surface area contributed by atoms with Crippen molar-refractivity contribution >= 4 is 0 Å². The highest BCUT2D eigenvalue weighted by atomic mass is 15.0. The maximum absolute atomic E-state index is 3.69. The number of hydrogen-bond donors (Lipinski definition) is 4. The Balaban J connectivity index is 1.49. The summed E-state index contributed by atoms with van der Waals surface area (Å²) in [7, 11) is 0. The first-order valence-electron chi connectivity index (χ1n) is 9.21. The van der Waals surface area contributed by atoms with Crippen LogP contribution in [0.15, 0.2) is 0 Å². The van der Waals surface area contributed by atoms with Gasteiger partial charge < -0.3 is 21.3 Å². The summed E-state index contributed by atoms with van der Waals surface area (Å²) in [4.78, 5) is 0. The summed E-state index contributed by atoms with van der Waals surface area (Å²) < 4.78 is 0. The number of hydrogen-bond acceptors (Lipinski definition) is 4. The van der Waals surface area contributed by atoms with Crippen molar-refractivity contribution in [3.05, 3.63) is 0 Å². The molecule has 0 aromatic heterocycles. The predicted molar refractivity (Wildman–Crippen MR) is 90.8 cm³/mol. The van der Waals surface area contributed by atoms with E-state index in [-0.39, 0.29) is 0 Å². The lowest BCUT2D eigenvalue weighted by molar-refractivity contribution is 0.313. The van der Waals surface area contributed by atoms with Crippen LogP contribution in [0.3, 0.4) is 0 Å². The first kappa shape index (κ1) is 17.2. The van der Waals surface area contributed by atoms with E-state index in [0.29, 0.717) is 24.2 Å². The minimum Gasteiger partial charge on any atom is -0.313 e. The highest BCUT2D eigenvalue weighted by molar-refractivity contribution is 4.83. The van der Waals surface area contributed by atoms with Crippen LogP contribution in [0.25, 0.3) is 0 Å². The van der Waals surface area contributed by atoms with Crippen LogP contribution in [0.1, 0.15) is 58.8 Å². The number of nitrogens with one attached hydrogen (secondary N) is 4. The van der Waals surface area contributed by atoms with Crippen LogP contribution in [0.2, 0.25) is 0 Å². The fourth-order valence-corrected chi connectivity index (χ4v) is 3.64. The standard InChI is InChI=1S/C17H36N4/c1-14(16-8-3-5-10-20-16)18-12-7-13-19-15(2)17-9-4-6-11-21-17/h14-21H,3-13H2,1-2H3. The largest absolute Gasteiger partial charge is 0.313 e. The van der Waals surface area contributed by atoms with E-state index in [1.165, 1.54) is 58.0 Å². The Morgan fingerprint density at radius 3 is 1.67 bits per heavy atom. The van der Waals surface area contributed by atoms with Crippen LogP contribution < -0.4 is 21.3 Å². The van der Waals surface area contributed by atoms with Gasteiger partial charge >= 0.3 is 0 Å². The minimum absolute atomic E-state index is 0.600. The van der Waals surface area contributed by atoms with E-state index in [2.05, 4.69) is 35.1 Å². The molecular formula is C17H36N4. The van der Waals surface area contributed by atoms with Crippen LogP contribution in [0.5, 0.6) is 0 Å². The molecule has 0 spiro atoms. The molecule has 21 heavy (non-hydrogen) atoms. The fraction of sp³-hybridized carbons (Fsp3) is 1.00. The molecule has 2 rings (SSSR count). The molecule has 0 aromatic rings. The zero-order valence-electron chi connectivity index (χ0n) is 14.1. The van der Waals surface area contributed by atoms with E-state index in [9.17, 15) is 0 Å². The molecule has 0 bridgehead atoms. The summed E-state index contributed by atoms with van der Waals surface area (Å²) in [5, 5.41) is 14.6. The van der Waals surface area contributed by atoms with Gasteiger partial charge in [0.1, 0.15) is 0 Å². The number of rotatable bonds is 8. The van der Waals surface area contributed by atoms with Crippen molar-refractivity contribution in [3.8, 4) is 0 Å². The molecule has 2 aliphatic rings. The van der Waals surface area contributed by atoms with E-state index < -0.39 is 0 Å². The Morgan fingerprint density at radius 1 is 0.810 bits per heavy atom. The molecule has 4 heteroatoms. The minimum atomic E-state index is 0.600.